The third-order valence-corrected chi connectivity index (χ3v) is 4.50. The summed E-state index contributed by atoms with van der Waals surface area (Å²) in [5.41, 5.74) is 2.80. The molecule has 0 saturated carbocycles. The maximum Gasteiger partial charge on any atom is 0.128 e. The maximum atomic E-state index is 4.72. The minimum Gasteiger partial charge on any atom is -0.357 e. The van der Waals surface area contributed by atoms with E-state index in [9.17, 15) is 0 Å². The largest absolute Gasteiger partial charge is 0.357 e. The van der Waals surface area contributed by atoms with Crippen molar-refractivity contribution in [1.29, 1.82) is 0 Å². The molecule has 0 aromatic carbocycles. The molecule has 0 spiro atoms. The Balaban J connectivity index is 1.76. The molecular formula is C16H25N3. The predicted octanol–water partition coefficient (Wildman–Crippen LogP) is 3.19. The van der Waals surface area contributed by atoms with E-state index in [0.29, 0.717) is 6.04 Å². The van der Waals surface area contributed by atoms with Crippen molar-refractivity contribution in [2.24, 2.45) is 0 Å². The van der Waals surface area contributed by atoms with Gasteiger partial charge in [-0.2, -0.15) is 0 Å². The molecule has 3 heteroatoms. The van der Waals surface area contributed by atoms with E-state index in [1.165, 1.54) is 68.6 Å². The van der Waals surface area contributed by atoms with E-state index in [4.69, 9.17) is 4.98 Å². The molecule has 1 N–H and O–H groups in total. The third-order valence-electron chi connectivity index (χ3n) is 4.50. The molecule has 2 fully saturated rings. The minimum atomic E-state index is 0.525. The van der Waals surface area contributed by atoms with Gasteiger partial charge in [-0.3, -0.25) is 0 Å². The van der Waals surface area contributed by atoms with Gasteiger partial charge < -0.3 is 10.2 Å². The lowest BCUT2D eigenvalue weighted by molar-refractivity contribution is 0.410. The Morgan fingerprint density at radius 1 is 1.16 bits per heavy atom. The molecule has 1 atom stereocenters. The molecule has 104 valence electrons. The summed E-state index contributed by atoms with van der Waals surface area (Å²) >= 11 is 0. The van der Waals surface area contributed by atoms with Gasteiger partial charge in [0.1, 0.15) is 5.82 Å². The van der Waals surface area contributed by atoms with E-state index in [1.807, 2.05) is 0 Å². The summed E-state index contributed by atoms with van der Waals surface area (Å²) in [5, 5.41) is 3.62. The molecule has 2 aliphatic heterocycles. The number of aromatic nitrogens is 1. The molecule has 2 aliphatic rings. The van der Waals surface area contributed by atoms with E-state index in [0.717, 1.165) is 6.54 Å². The van der Waals surface area contributed by atoms with Gasteiger partial charge in [-0.15, -0.1) is 0 Å². The molecular weight excluding hydrogens is 234 g/mol. The summed E-state index contributed by atoms with van der Waals surface area (Å²) in [6.07, 6.45) is 10.0. The monoisotopic (exact) mass is 259 g/mol. The quantitative estimate of drug-likeness (QED) is 0.884. The topological polar surface area (TPSA) is 28.2 Å². The number of pyridine rings is 1. The Bertz CT molecular complexity index is 418. The number of anilines is 1. The Morgan fingerprint density at radius 2 is 2.00 bits per heavy atom. The molecule has 19 heavy (non-hydrogen) atoms. The van der Waals surface area contributed by atoms with Gasteiger partial charge in [-0.25, -0.2) is 4.98 Å². The lowest BCUT2D eigenvalue weighted by Crippen LogP contribution is -2.31. The van der Waals surface area contributed by atoms with Crippen LogP contribution in [0.1, 0.15) is 55.7 Å². The van der Waals surface area contributed by atoms with Gasteiger partial charge in [0.05, 0.1) is 0 Å². The lowest BCUT2D eigenvalue weighted by Gasteiger charge is -2.29. The highest BCUT2D eigenvalue weighted by molar-refractivity contribution is 5.44. The van der Waals surface area contributed by atoms with E-state index in [-0.39, 0.29) is 0 Å². The number of hydrogen-bond donors (Lipinski definition) is 1. The molecule has 1 aromatic heterocycles. The van der Waals surface area contributed by atoms with Gasteiger partial charge in [-0.1, -0.05) is 6.42 Å². The van der Waals surface area contributed by atoms with Crippen LogP contribution in [-0.4, -0.2) is 24.6 Å². The van der Waals surface area contributed by atoms with Crippen molar-refractivity contribution < 1.29 is 0 Å². The molecule has 3 heterocycles. The zero-order valence-electron chi connectivity index (χ0n) is 12.0. The van der Waals surface area contributed by atoms with Crippen molar-refractivity contribution in [2.45, 2.75) is 51.5 Å². The van der Waals surface area contributed by atoms with Crippen LogP contribution in [0.5, 0.6) is 0 Å². The average Bonchev–Trinajstić information content (AvgIpc) is 2.49. The van der Waals surface area contributed by atoms with Crippen LogP contribution >= 0.6 is 0 Å². The molecule has 0 bridgehead atoms. The number of rotatable bonds is 2. The number of nitrogens with zero attached hydrogens (tertiary/aromatic N) is 2. The number of hydrogen-bond acceptors (Lipinski definition) is 3. The molecule has 3 rings (SSSR count). The first-order valence-corrected chi connectivity index (χ1v) is 7.79. The van der Waals surface area contributed by atoms with Crippen molar-refractivity contribution in [3.8, 4) is 0 Å². The van der Waals surface area contributed by atoms with Gasteiger partial charge in [0, 0.05) is 25.3 Å². The van der Waals surface area contributed by atoms with Crippen LogP contribution in [0.15, 0.2) is 12.3 Å². The SMILES string of the molecule is Cc1cc(N2CCCCC2)ncc1C1CCCCN1. The van der Waals surface area contributed by atoms with Crippen LogP contribution in [0.3, 0.4) is 0 Å². The van der Waals surface area contributed by atoms with E-state index in [2.05, 4.69) is 29.4 Å². The van der Waals surface area contributed by atoms with Crippen LogP contribution in [0.4, 0.5) is 5.82 Å². The first kappa shape index (κ1) is 12.9. The minimum absolute atomic E-state index is 0.525. The maximum absolute atomic E-state index is 4.72. The molecule has 2 saturated heterocycles. The Labute approximate surface area is 116 Å². The van der Waals surface area contributed by atoms with Crippen LogP contribution in [0.25, 0.3) is 0 Å². The predicted molar refractivity (Wildman–Crippen MR) is 79.6 cm³/mol. The van der Waals surface area contributed by atoms with Gasteiger partial charge in [0.15, 0.2) is 0 Å². The van der Waals surface area contributed by atoms with Crippen molar-refractivity contribution >= 4 is 5.82 Å². The zero-order valence-corrected chi connectivity index (χ0v) is 12.0. The molecule has 0 amide bonds. The highest BCUT2D eigenvalue weighted by atomic mass is 15.2. The van der Waals surface area contributed by atoms with Crippen LogP contribution in [-0.2, 0) is 0 Å². The summed E-state index contributed by atoms with van der Waals surface area (Å²) in [4.78, 5) is 7.16. The number of aryl methyl sites for hydroxylation is 1. The molecule has 1 unspecified atom stereocenters. The van der Waals surface area contributed by atoms with Crippen LogP contribution in [0.2, 0.25) is 0 Å². The van der Waals surface area contributed by atoms with Crippen LogP contribution < -0.4 is 10.2 Å². The fourth-order valence-electron chi connectivity index (χ4n) is 3.33. The second-order valence-corrected chi connectivity index (χ2v) is 5.95. The summed E-state index contributed by atoms with van der Waals surface area (Å²) in [6, 6.07) is 2.81. The molecule has 0 aliphatic carbocycles. The highest BCUT2D eigenvalue weighted by Crippen LogP contribution is 2.27. The van der Waals surface area contributed by atoms with Gasteiger partial charge >= 0.3 is 0 Å². The fourth-order valence-corrected chi connectivity index (χ4v) is 3.33. The first-order valence-electron chi connectivity index (χ1n) is 7.79. The Kier molecular flexibility index (Phi) is 4.02. The molecule has 0 radical (unpaired) electrons. The van der Waals surface area contributed by atoms with Gasteiger partial charge in [0.25, 0.3) is 0 Å². The van der Waals surface area contributed by atoms with Crippen molar-refractivity contribution in [3.63, 3.8) is 0 Å². The first-order chi connectivity index (χ1) is 9.34. The zero-order chi connectivity index (χ0) is 13.1. The number of piperidine rings is 2. The van der Waals surface area contributed by atoms with Crippen LogP contribution in [0, 0.1) is 6.92 Å². The average molecular weight is 259 g/mol. The van der Waals surface area contributed by atoms with Crippen molar-refractivity contribution in [3.05, 3.63) is 23.4 Å². The second kappa shape index (κ2) is 5.91. The Hall–Kier alpha value is -1.09. The normalized spacial score (nSPS) is 24.5. The fraction of sp³-hybridized carbons (Fsp3) is 0.688. The summed E-state index contributed by atoms with van der Waals surface area (Å²) < 4.78 is 0. The Morgan fingerprint density at radius 3 is 2.68 bits per heavy atom. The second-order valence-electron chi connectivity index (χ2n) is 5.95. The molecule has 3 nitrogen and oxygen atoms in total. The van der Waals surface area contributed by atoms with E-state index >= 15 is 0 Å². The van der Waals surface area contributed by atoms with Crippen molar-refractivity contribution in [1.82, 2.24) is 10.3 Å². The summed E-state index contributed by atoms with van der Waals surface area (Å²) in [6.45, 7) is 5.74. The van der Waals surface area contributed by atoms with E-state index < -0.39 is 0 Å². The van der Waals surface area contributed by atoms with Gasteiger partial charge in [0.2, 0.25) is 0 Å². The summed E-state index contributed by atoms with van der Waals surface area (Å²) in [5.74, 6) is 1.18. The molecule has 1 aromatic rings. The van der Waals surface area contributed by atoms with E-state index in [1.54, 1.807) is 0 Å². The third kappa shape index (κ3) is 2.92. The number of nitrogens with one attached hydrogen (secondary N) is 1. The highest BCUT2D eigenvalue weighted by Gasteiger charge is 2.18. The smallest absolute Gasteiger partial charge is 0.128 e. The lowest BCUT2D eigenvalue weighted by atomic mass is 9.95. The van der Waals surface area contributed by atoms with Crippen molar-refractivity contribution in [2.75, 3.05) is 24.5 Å². The van der Waals surface area contributed by atoms with Gasteiger partial charge in [-0.05, 0) is 62.8 Å². The summed E-state index contributed by atoms with van der Waals surface area (Å²) in [7, 11) is 0. The standard InChI is InChI=1S/C16H25N3/c1-13-11-16(19-9-5-2-6-10-19)18-12-14(13)15-7-3-4-8-17-15/h11-12,15,17H,2-10H2,1H3.